The van der Waals surface area contributed by atoms with Crippen molar-refractivity contribution >= 4 is 10.9 Å². The van der Waals surface area contributed by atoms with E-state index in [1.54, 1.807) is 26.4 Å². The Morgan fingerprint density at radius 1 is 1.30 bits per heavy atom. The Morgan fingerprint density at radius 2 is 2.07 bits per heavy atom. The molecule has 2 atom stereocenters. The lowest BCUT2D eigenvalue weighted by Gasteiger charge is -2.21. The van der Waals surface area contributed by atoms with Gasteiger partial charge in [0.1, 0.15) is 12.6 Å². The van der Waals surface area contributed by atoms with Gasteiger partial charge in [-0.05, 0) is 18.2 Å². The van der Waals surface area contributed by atoms with E-state index in [4.69, 9.17) is 14.5 Å². The van der Waals surface area contributed by atoms with Crippen LogP contribution in [0.4, 0.5) is 0 Å². The van der Waals surface area contributed by atoms with Crippen LogP contribution in [0.3, 0.4) is 0 Å². The zero-order valence-electron chi connectivity index (χ0n) is 15.9. The molecule has 1 aliphatic heterocycles. The molecule has 7 nitrogen and oxygen atoms in total. The number of aryl methyl sites for hydroxylation is 1. The number of methoxy groups -OCH3 is 2. The number of benzene rings is 1. The fourth-order valence-electron chi connectivity index (χ4n) is 4.13. The summed E-state index contributed by atoms with van der Waals surface area (Å²) < 4.78 is 12.8. The highest BCUT2D eigenvalue weighted by molar-refractivity contribution is 5.81. The van der Waals surface area contributed by atoms with Crippen molar-refractivity contribution in [2.75, 3.05) is 20.8 Å². The van der Waals surface area contributed by atoms with Crippen molar-refractivity contribution < 1.29 is 14.4 Å². The van der Waals surface area contributed by atoms with Crippen molar-refractivity contribution in [1.29, 1.82) is 0 Å². The summed E-state index contributed by atoms with van der Waals surface area (Å²) in [5, 5.41) is 0.506. The summed E-state index contributed by atoms with van der Waals surface area (Å²) in [6, 6.07) is 8.14. The minimum absolute atomic E-state index is 0.148. The number of quaternary nitrogens is 1. The molecule has 142 valence electrons. The Morgan fingerprint density at radius 3 is 2.78 bits per heavy atom. The summed E-state index contributed by atoms with van der Waals surface area (Å²) in [4.78, 5) is 21.7. The molecule has 1 aliphatic rings. The molecule has 1 unspecified atom stereocenters. The lowest BCUT2D eigenvalue weighted by atomic mass is 10.1. The zero-order valence-corrected chi connectivity index (χ0v) is 15.9. The third kappa shape index (κ3) is 3.19. The van der Waals surface area contributed by atoms with E-state index < -0.39 is 0 Å². The molecular weight excluding hydrogens is 344 g/mol. The number of ether oxygens (including phenoxy) is 2. The van der Waals surface area contributed by atoms with Crippen LogP contribution < -0.4 is 19.9 Å². The first kappa shape index (κ1) is 17.6. The SMILES string of the molecule is COc1cc2nc(C[NH+]3CCC[C@H]3c3cccn3C)[nH]c(=O)c2cc1OC. The van der Waals surface area contributed by atoms with E-state index in [1.807, 2.05) is 0 Å². The Bertz CT molecular complexity index is 1020. The monoisotopic (exact) mass is 369 g/mol. The molecule has 2 aromatic heterocycles. The Kier molecular flexibility index (Phi) is 4.61. The lowest BCUT2D eigenvalue weighted by molar-refractivity contribution is -0.933. The summed E-state index contributed by atoms with van der Waals surface area (Å²) in [7, 11) is 5.22. The number of nitrogens with one attached hydrogen (secondary N) is 2. The number of likely N-dealkylation sites (tertiary alicyclic amines) is 1. The van der Waals surface area contributed by atoms with Gasteiger partial charge in [-0.3, -0.25) is 4.79 Å². The van der Waals surface area contributed by atoms with E-state index in [-0.39, 0.29) is 5.56 Å². The smallest absolute Gasteiger partial charge is 0.259 e. The molecule has 3 heterocycles. The standard InChI is InChI=1S/C20H24N4O3/c1-23-8-4-6-15(23)16-7-5-9-24(16)12-19-21-14-11-18(27-3)17(26-2)10-13(14)20(25)22-19/h4,6,8,10-11,16H,5,7,9,12H2,1-3H3,(H,21,22,25)/p+1/t16-/m0/s1. The third-order valence-corrected chi connectivity index (χ3v) is 5.48. The highest BCUT2D eigenvalue weighted by atomic mass is 16.5. The first-order valence-corrected chi connectivity index (χ1v) is 9.21. The van der Waals surface area contributed by atoms with Crippen LogP contribution in [0, 0.1) is 0 Å². The zero-order chi connectivity index (χ0) is 19.0. The van der Waals surface area contributed by atoms with Gasteiger partial charge >= 0.3 is 0 Å². The molecule has 0 spiro atoms. The topological polar surface area (TPSA) is 73.6 Å². The molecule has 0 amide bonds. The predicted octanol–water partition coefficient (Wildman–Crippen LogP) is 1.20. The minimum Gasteiger partial charge on any atom is -0.493 e. The van der Waals surface area contributed by atoms with Gasteiger partial charge in [-0.15, -0.1) is 0 Å². The second kappa shape index (κ2) is 7.08. The maximum Gasteiger partial charge on any atom is 0.259 e. The molecule has 7 heteroatoms. The van der Waals surface area contributed by atoms with Crippen LogP contribution in [0.1, 0.15) is 30.4 Å². The van der Waals surface area contributed by atoms with Gasteiger partial charge < -0.3 is 23.9 Å². The van der Waals surface area contributed by atoms with Crippen molar-refractivity contribution in [2.45, 2.75) is 25.4 Å². The number of nitrogens with zero attached hydrogens (tertiary/aromatic N) is 2. The van der Waals surface area contributed by atoms with Crippen molar-refractivity contribution in [1.82, 2.24) is 14.5 Å². The van der Waals surface area contributed by atoms with Crippen LogP contribution >= 0.6 is 0 Å². The molecule has 27 heavy (non-hydrogen) atoms. The van der Waals surface area contributed by atoms with Gasteiger partial charge in [-0.25, -0.2) is 4.98 Å². The number of H-pyrrole nitrogens is 1. The van der Waals surface area contributed by atoms with Crippen LogP contribution in [0.2, 0.25) is 0 Å². The van der Waals surface area contributed by atoms with Crippen molar-refractivity contribution in [2.24, 2.45) is 7.05 Å². The summed E-state index contributed by atoms with van der Waals surface area (Å²) in [5.41, 5.74) is 1.81. The normalized spacial score (nSPS) is 19.5. The average Bonchev–Trinajstić information content (AvgIpc) is 3.29. The van der Waals surface area contributed by atoms with E-state index in [2.05, 4.69) is 34.9 Å². The summed E-state index contributed by atoms with van der Waals surface area (Å²) in [6.07, 6.45) is 4.41. The molecule has 1 aromatic carbocycles. The first-order chi connectivity index (χ1) is 13.1. The van der Waals surface area contributed by atoms with E-state index in [1.165, 1.54) is 17.0 Å². The number of aromatic amines is 1. The Labute approximate surface area is 157 Å². The van der Waals surface area contributed by atoms with E-state index in [0.29, 0.717) is 40.8 Å². The van der Waals surface area contributed by atoms with Gasteiger partial charge in [0.25, 0.3) is 5.56 Å². The largest absolute Gasteiger partial charge is 0.493 e. The molecule has 1 fully saturated rings. The summed E-state index contributed by atoms with van der Waals surface area (Å²) >= 11 is 0. The maximum atomic E-state index is 12.6. The molecule has 0 radical (unpaired) electrons. The summed E-state index contributed by atoms with van der Waals surface area (Å²) in [6.45, 7) is 1.76. The van der Waals surface area contributed by atoms with Crippen molar-refractivity contribution in [3.8, 4) is 11.5 Å². The molecule has 2 N–H and O–H groups in total. The van der Waals surface area contributed by atoms with Crippen LogP contribution in [0.25, 0.3) is 10.9 Å². The molecule has 0 aliphatic carbocycles. The first-order valence-electron chi connectivity index (χ1n) is 9.21. The van der Waals surface area contributed by atoms with Crippen LogP contribution in [0.5, 0.6) is 11.5 Å². The van der Waals surface area contributed by atoms with Gasteiger partial charge in [0.05, 0.1) is 37.4 Å². The third-order valence-electron chi connectivity index (χ3n) is 5.48. The average molecular weight is 369 g/mol. The Hall–Kier alpha value is -2.80. The second-order valence-electron chi connectivity index (χ2n) is 7.06. The Balaban J connectivity index is 1.68. The van der Waals surface area contributed by atoms with Crippen molar-refractivity contribution in [3.05, 3.63) is 52.3 Å². The molecule has 0 bridgehead atoms. The highest BCUT2D eigenvalue weighted by Crippen LogP contribution is 2.30. The number of hydrogen-bond donors (Lipinski definition) is 2. The van der Waals surface area contributed by atoms with Crippen LogP contribution in [-0.2, 0) is 13.6 Å². The lowest BCUT2D eigenvalue weighted by Crippen LogP contribution is -3.09. The maximum absolute atomic E-state index is 12.6. The van der Waals surface area contributed by atoms with Gasteiger partial charge in [0, 0.05) is 32.2 Å². The predicted molar refractivity (Wildman–Crippen MR) is 102 cm³/mol. The quantitative estimate of drug-likeness (QED) is 0.709. The van der Waals surface area contributed by atoms with Crippen LogP contribution in [-0.4, -0.2) is 35.3 Å². The van der Waals surface area contributed by atoms with E-state index in [9.17, 15) is 4.79 Å². The van der Waals surface area contributed by atoms with Gasteiger partial charge in [-0.1, -0.05) is 0 Å². The molecule has 0 saturated carbocycles. The van der Waals surface area contributed by atoms with Crippen LogP contribution in [0.15, 0.2) is 35.3 Å². The van der Waals surface area contributed by atoms with E-state index >= 15 is 0 Å². The fourth-order valence-corrected chi connectivity index (χ4v) is 4.13. The van der Waals surface area contributed by atoms with Crippen molar-refractivity contribution in [3.63, 3.8) is 0 Å². The second-order valence-corrected chi connectivity index (χ2v) is 7.06. The number of hydrogen-bond acceptors (Lipinski definition) is 4. The van der Waals surface area contributed by atoms with Gasteiger partial charge in [-0.2, -0.15) is 0 Å². The molecular formula is C20H25N4O3+. The van der Waals surface area contributed by atoms with Gasteiger partial charge in [0.2, 0.25) is 0 Å². The minimum atomic E-state index is -0.148. The number of fused-ring (bicyclic) bond motifs is 1. The molecule has 1 saturated heterocycles. The molecule has 3 aromatic rings. The highest BCUT2D eigenvalue weighted by Gasteiger charge is 2.32. The molecule has 4 rings (SSSR count). The number of rotatable bonds is 5. The fraction of sp³-hybridized carbons (Fsp3) is 0.400. The summed E-state index contributed by atoms with van der Waals surface area (Å²) in [5.74, 6) is 1.80. The number of aromatic nitrogens is 3. The van der Waals surface area contributed by atoms with Gasteiger partial charge in [0.15, 0.2) is 17.3 Å². The van der Waals surface area contributed by atoms with E-state index in [0.717, 1.165) is 13.0 Å².